The highest BCUT2D eigenvalue weighted by atomic mass is 32.2. The van der Waals surface area contributed by atoms with Crippen LogP contribution in [0.3, 0.4) is 0 Å². The van der Waals surface area contributed by atoms with Crippen molar-refractivity contribution in [1.82, 2.24) is 10.2 Å². The summed E-state index contributed by atoms with van der Waals surface area (Å²) >= 11 is 1.37. The molecule has 0 saturated heterocycles. The summed E-state index contributed by atoms with van der Waals surface area (Å²) in [4.78, 5) is 24.1. The number of amides is 1. The van der Waals surface area contributed by atoms with E-state index in [1.54, 1.807) is 24.3 Å². The summed E-state index contributed by atoms with van der Waals surface area (Å²) in [5, 5.41) is 14.1. The second-order valence-electron chi connectivity index (χ2n) is 7.15. The van der Waals surface area contributed by atoms with Crippen molar-refractivity contribution in [2.75, 3.05) is 5.32 Å². The first kappa shape index (κ1) is 20.8. The molecule has 3 aromatic carbocycles. The highest BCUT2D eigenvalue weighted by Gasteiger charge is 2.19. The van der Waals surface area contributed by atoms with Crippen molar-refractivity contribution in [3.8, 4) is 11.3 Å². The molecular formula is C25H21N3O2S. The lowest BCUT2D eigenvalue weighted by atomic mass is 10.1. The van der Waals surface area contributed by atoms with Crippen molar-refractivity contribution in [2.45, 2.75) is 24.1 Å². The normalized spacial score (nSPS) is 11.8. The zero-order valence-corrected chi connectivity index (χ0v) is 18.0. The number of nitrogens with zero attached hydrogens (tertiary/aromatic N) is 2. The van der Waals surface area contributed by atoms with Crippen LogP contribution >= 0.6 is 11.8 Å². The first-order valence-electron chi connectivity index (χ1n) is 9.92. The monoisotopic (exact) mass is 427 g/mol. The number of ketones is 1. The third-order valence-electron chi connectivity index (χ3n) is 4.92. The molecule has 1 aromatic heterocycles. The third-order valence-corrected chi connectivity index (χ3v) is 6.01. The topological polar surface area (TPSA) is 72.0 Å². The van der Waals surface area contributed by atoms with Crippen LogP contribution in [0, 0.1) is 0 Å². The van der Waals surface area contributed by atoms with Gasteiger partial charge in [-0.3, -0.25) is 9.59 Å². The first-order valence-corrected chi connectivity index (χ1v) is 10.8. The minimum absolute atomic E-state index is 0.00815. The van der Waals surface area contributed by atoms with Gasteiger partial charge < -0.3 is 5.32 Å². The van der Waals surface area contributed by atoms with Crippen LogP contribution in [0.15, 0.2) is 83.9 Å². The van der Waals surface area contributed by atoms with Crippen LogP contribution in [0.25, 0.3) is 22.0 Å². The predicted molar refractivity (Wildman–Crippen MR) is 125 cm³/mol. The quantitative estimate of drug-likeness (QED) is 0.319. The van der Waals surface area contributed by atoms with Crippen LogP contribution in [0.1, 0.15) is 24.2 Å². The van der Waals surface area contributed by atoms with Crippen molar-refractivity contribution in [3.63, 3.8) is 0 Å². The highest BCUT2D eigenvalue weighted by molar-refractivity contribution is 8.00. The molecule has 0 aliphatic rings. The molecule has 1 atom stereocenters. The molecule has 1 amide bonds. The van der Waals surface area contributed by atoms with Gasteiger partial charge in [0.05, 0.1) is 5.25 Å². The molecule has 5 nitrogen and oxygen atoms in total. The minimum atomic E-state index is -0.382. The van der Waals surface area contributed by atoms with Gasteiger partial charge >= 0.3 is 0 Å². The van der Waals surface area contributed by atoms with Crippen LogP contribution in [-0.2, 0) is 4.79 Å². The molecule has 4 rings (SSSR count). The van der Waals surface area contributed by atoms with Crippen molar-refractivity contribution in [2.24, 2.45) is 0 Å². The van der Waals surface area contributed by atoms with Crippen molar-refractivity contribution in [3.05, 3.63) is 84.4 Å². The molecule has 0 radical (unpaired) electrons. The Labute approximate surface area is 184 Å². The summed E-state index contributed by atoms with van der Waals surface area (Å²) in [6, 6.07) is 24.8. The van der Waals surface area contributed by atoms with Crippen LogP contribution in [0.2, 0.25) is 0 Å². The number of fused-ring (bicyclic) bond motifs is 1. The molecule has 154 valence electrons. The SMILES string of the molecule is CC(=O)c1ccc(NC(=O)[C@@H](C)Sc2nnc(-c3ccccc3)c3ccccc23)cc1. The second-order valence-corrected chi connectivity index (χ2v) is 8.48. The minimum Gasteiger partial charge on any atom is -0.325 e. The van der Waals surface area contributed by atoms with Gasteiger partial charge in [0.15, 0.2) is 5.78 Å². The van der Waals surface area contributed by atoms with E-state index in [2.05, 4.69) is 15.5 Å². The number of hydrogen-bond donors (Lipinski definition) is 1. The number of hydrogen-bond acceptors (Lipinski definition) is 5. The van der Waals surface area contributed by atoms with Gasteiger partial charge in [0.25, 0.3) is 0 Å². The van der Waals surface area contributed by atoms with Crippen LogP contribution in [-0.4, -0.2) is 27.1 Å². The molecule has 0 bridgehead atoms. The average molecular weight is 428 g/mol. The largest absolute Gasteiger partial charge is 0.325 e. The van der Waals surface area contributed by atoms with Gasteiger partial charge in [-0.15, -0.1) is 10.2 Å². The number of benzene rings is 3. The van der Waals surface area contributed by atoms with E-state index < -0.39 is 0 Å². The Bertz CT molecular complexity index is 1240. The molecule has 0 spiro atoms. The fraction of sp³-hybridized carbons (Fsp3) is 0.120. The summed E-state index contributed by atoms with van der Waals surface area (Å²) in [6.07, 6.45) is 0. The Hall–Kier alpha value is -3.51. The van der Waals surface area contributed by atoms with Crippen molar-refractivity contribution in [1.29, 1.82) is 0 Å². The second kappa shape index (κ2) is 9.10. The maximum atomic E-state index is 12.7. The standard InChI is InChI=1S/C25H21N3O2S/c1-16(29)18-12-14-20(15-13-18)26-24(30)17(2)31-25-22-11-7-6-10-21(22)23(27-28-25)19-8-4-3-5-9-19/h3-15,17H,1-2H3,(H,26,30)/t17-/m1/s1. The number of thioether (sulfide) groups is 1. The fourth-order valence-electron chi connectivity index (χ4n) is 3.23. The molecule has 0 saturated carbocycles. The molecular weight excluding hydrogens is 406 g/mol. The number of carbonyl (C=O) groups excluding carboxylic acids is 2. The van der Waals surface area contributed by atoms with Gasteiger partial charge in [0.2, 0.25) is 5.91 Å². The van der Waals surface area contributed by atoms with Crippen LogP contribution in [0.5, 0.6) is 0 Å². The van der Waals surface area contributed by atoms with Gasteiger partial charge in [0, 0.05) is 27.6 Å². The number of aromatic nitrogens is 2. The maximum Gasteiger partial charge on any atom is 0.237 e. The Morgan fingerprint density at radius 3 is 2.16 bits per heavy atom. The number of anilines is 1. The smallest absolute Gasteiger partial charge is 0.237 e. The molecule has 1 N–H and O–H groups in total. The molecule has 0 unspecified atom stereocenters. The van der Waals surface area contributed by atoms with E-state index in [0.29, 0.717) is 16.3 Å². The van der Waals surface area contributed by atoms with E-state index >= 15 is 0 Å². The summed E-state index contributed by atoms with van der Waals surface area (Å²) < 4.78 is 0. The number of Topliss-reactive ketones (excluding diaryl/α,β-unsaturated/α-hetero) is 1. The van der Waals surface area contributed by atoms with Gasteiger partial charge in [0.1, 0.15) is 10.7 Å². The Morgan fingerprint density at radius 2 is 1.48 bits per heavy atom. The molecule has 0 aliphatic carbocycles. The lowest BCUT2D eigenvalue weighted by molar-refractivity contribution is -0.115. The van der Waals surface area contributed by atoms with Gasteiger partial charge in [-0.1, -0.05) is 66.4 Å². The van der Waals surface area contributed by atoms with Crippen molar-refractivity contribution >= 4 is 39.9 Å². The number of rotatable bonds is 6. The summed E-state index contributed by atoms with van der Waals surface area (Å²) in [7, 11) is 0. The fourth-order valence-corrected chi connectivity index (χ4v) is 4.12. The molecule has 1 heterocycles. The molecule has 4 aromatic rings. The first-order chi connectivity index (χ1) is 15.0. The van der Waals surface area contributed by atoms with Gasteiger partial charge in [-0.25, -0.2) is 0 Å². The molecule has 6 heteroatoms. The van der Waals surface area contributed by atoms with Gasteiger partial charge in [-0.2, -0.15) is 0 Å². The Balaban J connectivity index is 1.55. The molecule has 0 fully saturated rings. The van der Waals surface area contributed by atoms with E-state index in [9.17, 15) is 9.59 Å². The zero-order chi connectivity index (χ0) is 21.8. The number of nitrogens with one attached hydrogen (secondary N) is 1. The summed E-state index contributed by atoms with van der Waals surface area (Å²) in [5.74, 6) is -0.148. The summed E-state index contributed by atoms with van der Waals surface area (Å²) in [6.45, 7) is 3.35. The van der Waals surface area contributed by atoms with E-state index in [1.807, 2.05) is 61.5 Å². The number of carbonyl (C=O) groups is 2. The highest BCUT2D eigenvalue weighted by Crippen LogP contribution is 2.33. The lowest BCUT2D eigenvalue weighted by Gasteiger charge is -2.14. The van der Waals surface area contributed by atoms with Crippen LogP contribution in [0.4, 0.5) is 5.69 Å². The lowest BCUT2D eigenvalue weighted by Crippen LogP contribution is -2.22. The average Bonchev–Trinajstić information content (AvgIpc) is 2.80. The summed E-state index contributed by atoms with van der Waals surface area (Å²) in [5.41, 5.74) is 3.09. The van der Waals surface area contributed by atoms with E-state index in [-0.39, 0.29) is 16.9 Å². The van der Waals surface area contributed by atoms with E-state index in [4.69, 9.17) is 0 Å². The third kappa shape index (κ3) is 4.64. The van der Waals surface area contributed by atoms with Crippen LogP contribution < -0.4 is 5.32 Å². The maximum absolute atomic E-state index is 12.7. The van der Waals surface area contributed by atoms with Gasteiger partial charge in [-0.05, 0) is 38.1 Å². The molecule has 31 heavy (non-hydrogen) atoms. The Morgan fingerprint density at radius 1 is 0.839 bits per heavy atom. The Kier molecular flexibility index (Phi) is 6.09. The zero-order valence-electron chi connectivity index (χ0n) is 17.2. The van der Waals surface area contributed by atoms with Crippen molar-refractivity contribution < 1.29 is 9.59 Å². The molecule has 0 aliphatic heterocycles. The van der Waals surface area contributed by atoms with E-state index in [1.165, 1.54) is 18.7 Å². The van der Waals surface area contributed by atoms with E-state index in [0.717, 1.165) is 22.0 Å². The predicted octanol–water partition coefficient (Wildman–Crippen LogP) is 5.62.